The van der Waals surface area contributed by atoms with Crippen molar-refractivity contribution in [1.29, 1.82) is 0 Å². The zero-order chi connectivity index (χ0) is 23.5. The summed E-state index contributed by atoms with van der Waals surface area (Å²) in [6, 6.07) is 20.9. The van der Waals surface area contributed by atoms with E-state index in [-0.39, 0.29) is 13.2 Å². The number of hydrogen-bond acceptors (Lipinski definition) is 5. The Morgan fingerprint density at radius 1 is 0.800 bits per heavy atom. The van der Waals surface area contributed by atoms with E-state index in [0.29, 0.717) is 19.5 Å². The van der Waals surface area contributed by atoms with E-state index in [2.05, 4.69) is 67.1 Å². The molecule has 0 bridgehead atoms. The van der Waals surface area contributed by atoms with E-state index in [1.54, 1.807) is 13.8 Å². The van der Waals surface area contributed by atoms with E-state index in [1.807, 2.05) is 19.1 Å². The van der Waals surface area contributed by atoms with Crippen LogP contribution in [0.4, 0.5) is 0 Å². The maximum absolute atomic E-state index is 9.18. The van der Waals surface area contributed by atoms with Crippen molar-refractivity contribution in [3.05, 3.63) is 71.8 Å². The average Bonchev–Trinajstić information content (AvgIpc) is 2.82. The third-order valence-corrected chi connectivity index (χ3v) is 3.42. The summed E-state index contributed by atoms with van der Waals surface area (Å²) < 4.78 is 4.15. The highest BCUT2D eigenvalue weighted by Crippen LogP contribution is 1.97. The highest BCUT2D eigenvalue weighted by molar-refractivity contribution is 5.36. The minimum absolute atomic E-state index is 0.115. The molecular weight excluding hydrogens is 380 g/mol. The van der Waals surface area contributed by atoms with E-state index in [0.717, 1.165) is 12.8 Å². The first-order valence-electron chi connectivity index (χ1n) is 10.5. The first-order chi connectivity index (χ1) is 14.5. The van der Waals surface area contributed by atoms with Gasteiger partial charge in [-0.15, -0.1) is 0 Å². The van der Waals surface area contributed by atoms with Gasteiger partial charge in [0.2, 0.25) is 0 Å². The lowest BCUT2D eigenvalue weighted by atomic mass is 10.2. The summed E-state index contributed by atoms with van der Waals surface area (Å²) in [4.78, 5) is 9.18. The molecule has 0 saturated carbocycles. The molecule has 0 amide bonds. The van der Waals surface area contributed by atoms with Crippen molar-refractivity contribution in [2.45, 2.75) is 60.0 Å². The van der Waals surface area contributed by atoms with Gasteiger partial charge in [-0.3, -0.25) is 4.79 Å². The molecule has 0 heterocycles. The SMILES string of the molecule is CCC(O)CO.CCO.CCOC=O.CCc1ccccc1.CCc1ccccc1. The Bertz CT molecular complexity index is 488. The van der Waals surface area contributed by atoms with Crippen LogP contribution in [0.15, 0.2) is 60.7 Å². The lowest BCUT2D eigenvalue weighted by molar-refractivity contribution is -0.128. The van der Waals surface area contributed by atoms with E-state index in [9.17, 15) is 4.79 Å². The van der Waals surface area contributed by atoms with Crippen molar-refractivity contribution < 1.29 is 24.9 Å². The molecule has 172 valence electrons. The Kier molecular flexibility index (Phi) is 31.4. The van der Waals surface area contributed by atoms with Crippen LogP contribution in [-0.2, 0) is 22.4 Å². The van der Waals surface area contributed by atoms with E-state index < -0.39 is 6.10 Å². The number of aryl methyl sites for hydroxylation is 2. The molecule has 5 heteroatoms. The highest BCUT2D eigenvalue weighted by atomic mass is 16.5. The predicted octanol–water partition coefficient (Wildman–Crippen LogP) is 4.43. The number of aliphatic hydroxyl groups excluding tert-OH is 3. The van der Waals surface area contributed by atoms with Crippen molar-refractivity contribution in [2.75, 3.05) is 19.8 Å². The first kappa shape index (κ1) is 32.5. The Morgan fingerprint density at radius 2 is 1.17 bits per heavy atom. The summed E-state index contributed by atoms with van der Waals surface area (Å²) >= 11 is 0. The predicted molar refractivity (Wildman–Crippen MR) is 125 cm³/mol. The van der Waals surface area contributed by atoms with Crippen LogP contribution < -0.4 is 0 Å². The fraction of sp³-hybridized carbons (Fsp3) is 0.480. The summed E-state index contributed by atoms with van der Waals surface area (Å²) in [7, 11) is 0. The Hall–Kier alpha value is -2.21. The summed E-state index contributed by atoms with van der Waals surface area (Å²) in [6.45, 7) is 10.6. The third-order valence-electron chi connectivity index (χ3n) is 3.42. The normalized spacial score (nSPS) is 9.47. The van der Waals surface area contributed by atoms with Crippen molar-refractivity contribution in [3.8, 4) is 0 Å². The maximum atomic E-state index is 9.18. The quantitative estimate of drug-likeness (QED) is 0.600. The van der Waals surface area contributed by atoms with Gasteiger partial charge < -0.3 is 20.1 Å². The minimum atomic E-state index is -0.509. The summed E-state index contributed by atoms with van der Waals surface area (Å²) in [5.74, 6) is 0. The molecule has 0 saturated heterocycles. The van der Waals surface area contributed by atoms with Gasteiger partial charge in [-0.25, -0.2) is 0 Å². The largest absolute Gasteiger partial charge is 0.468 e. The van der Waals surface area contributed by atoms with E-state index in [1.165, 1.54) is 11.1 Å². The van der Waals surface area contributed by atoms with Crippen LogP contribution in [0.25, 0.3) is 0 Å². The van der Waals surface area contributed by atoms with Crippen molar-refractivity contribution in [3.63, 3.8) is 0 Å². The van der Waals surface area contributed by atoms with Gasteiger partial charge in [-0.05, 0) is 44.2 Å². The lowest BCUT2D eigenvalue weighted by Crippen LogP contribution is -2.08. The molecule has 0 fully saturated rings. The number of aliphatic hydroxyl groups is 3. The monoisotopic (exact) mass is 422 g/mol. The second kappa shape index (κ2) is 29.0. The number of ether oxygens (including phenoxy) is 1. The molecule has 5 nitrogen and oxygen atoms in total. The fourth-order valence-electron chi connectivity index (χ4n) is 1.62. The van der Waals surface area contributed by atoms with E-state index >= 15 is 0 Å². The molecule has 0 aliphatic rings. The van der Waals surface area contributed by atoms with Crippen LogP contribution in [-0.4, -0.2) is 47.7 Å². The number of rotatable bonds is 6. The minimum Gasteiger partial charge on any atom is -0.468 e. The summed E-state index contributed by atoms with van der Waals surface area (Å²) in [5.41, 5.74) is 2.82. The summed E-state index contributed by atoms with van der Waals surface area (Å²) in [6.07, 6.45) is 2.41. The zero-order valence-electron chi connectivity index (χ0n) is 19.3. The maximum Gasteiger partial charge on any atom is 0.293 e. The van der Waals surface area contributed by atoms with Crippen LogP contribution in [0.3, 0.4) is 0 Å². The second-order valence-corrected chi connectivity index (χ2v) is 5.79. The second-order valence-electron chi connectivity index (χ2n) is 5.79. The number of hydrogen-bond donors (Lipinski definition) is 3. The van der Waals surface area contributed by atoms with Crippen LogP contribution in [0.1, 0.15) is 52.2 Å². The van der Waals surface area contributed by atoms with Gasteiger partial charge in [0.15, 0.2) is 0 Å². The molecule has 3 N–H and O–H groups in total. The smallest absolute Gasteiger partial charge is 0.293 e. The molecule has 0 radical (unpaired) electrons. The third kappa shape index (κ3) is 28.0. The van der Waals surface area contributed by atoms with Crippen LogP contribution in [0, 0.1) is 0 Å². The molecule has 2 rings (SSSR count). The van der Waals surface area contributed by atoms with Gasteiger partial charge in [0, 0.05) is 6.61 Å². The summed E-state index contributed by atoms with van der Waals surface area (Å²) in [5, 5.41) is 24.1. The molecule has 1 atom stereocenters. The average molecular weight is 423 g/mol. The Balaban J connectivity index is -0.000000316. The molecule has 0 aromatic heterocycles. The fourth-order valence-corrected chi connectivity index (χ4v) is 1.62. The highest BCUT2D eigenvalue weighted by Gasteiger charge is 1.92. The van der Waals surface area contributed by atoms with Gasteiger partial charge in [-0.1, -0.05) is 81.4 Å². The van der Waals surface area contributed by atoms with Crippen LogP contribution in [0.5, 0.6) is 0 Å². The molecule has 1 unspecified atom stereocenters. The molecule has 0 aliphatic carbocycles. The van der Waals surface area contributed by atoms with Crippen molar-refractivity contribution in [2.24, 2.45) is 0 Å². The standard InChI is InChI=1S/2C8H10.C4H10O2.C3H6O2.C2H6O/c2*1-2-8-6-4-3-5-7-8;1-2-4(6)3-5;1-2-5-3-4;1-2-3/h2*3-7H,2H2,1H3;4-6H,2-3H2,1H3;3H,2H2,1H3;3H,2H2,1H3. The van der Waals surface area contributed by atoms with Gasteiger partial charge in [0.25, 0.3) is 6.47 Å². The Labute approximate surface area is 183 Å². The molecule has 2 aromatic carbocycles. The zero-order valence-corrected chi connectivity index (χ0v) is 19.3. The van der Waals surface area contributed by atoms with Gasteiger partial charge in [0.05, 0.1) is 19.3 Å². The lowest BCUT2D eigenvalue weighted by Gasteiger charge is -1.97. The van der Waals surface area contributed by atoms with Gasteiger partial charge in [0.1, 0.15) is 0 Å². The first-order valence-corrected chi connectivity index (χ1v) is 10.5. The molecule has 2 aromatic rings. The van der Waals surface area contributed by atoms with Crippen molar-refractivity contribution >= 4 is 6.47 Å². The number of carbonyl (C=O) groups excluding carboxylic acids is 1. The van der Waals surface area contributed by atoms with Crippen LogP contribution in [0.2, 0.25) is 0 Å². The van der Waals surface area contributed by atoms with Crippen molar-refractivity contribution in [1.82, 2.24) is 0 Å². The van der Waals surface area contributed by atoms with Crippen LogP contribution >= 0.6 is 0 Å². The van der Waals surface area contributed by atoms with Gasteiger partial charge in [-0.2, -0.15) is 0 Å². The molecular formula is C25H42O5. The topological polar surface area (TPSA) is 87.0 Å². The molecule has 0 aliphatic heterocycles. The molecule has 0 spiro atoms. The molecule has 30 heavy (non-hydrogen) atoms. The number of carbonyl (C=O) groups is 1. The number of benzene rings is 2. The Morgan fingerprint density at radius 3 is 1.27 bits per heavy atom. The van der Waals surface area contributed by atoms with E-state index in [4.69, 9.17) is 15.3 Å². The van der Waals surface area contributed by atoms with Gasteiger partial charge >= 0.3 is 0 Å².